The molecule has 9 nitrogen and oxygen atoms in total. The molecule has 0 spiro atoms. The lowest BCUT2D eigenvalue weighted by atomic mass is 10.1. The summed E-state index contributed by atoms with van der Waals surface area (Å²) in [6.07, 6.45) is 1.52. The molecule has 0 saturated carbocycles. The Bertz CT molecular complexity index is 1270. The van der Waals surface area contributed by atoms with Crippen molar-refractivity contribution >= 4 is 21.4 Å². The van der Waals surface area contributed by atoms with Crippen molar-refractivity contribution in [2.45, 2.75) is 4.90 Å². The quantitative estimate of drug-likeness (QED) is 0.520. The van der Waals surface area contributed by atoms with E-state index in [2.05, 4.69) is 20.0 Å². The lowest BCUT2D eigenvalue weighted by molar-refractivity contribution is 0.354. The van der Waals surface area contributed by atoms with Gasteiger partial charge in [0.15, 0.2) is 17.1 Å². The van der Waals surface area contributed by atoms with Crippen LogP contribution < -0.4 is 14.2 Å². The van der Waals surface area contributed by atoms with E-state index >= 15 is 0 Å². The van der Waals surface area contributed by atoms with Gasteiger partial charge in [-0.25, -0.2) is 8.42 Å². The Morgan fingerprint density at radius 2 is 1.69 bits per heavy atom. The summed E-state index contributed by atoms with van der Waals surface area (Å²) in [5.41, 5.74) is 2.61. The van der Waals surface area contributed by atoms with E-state index in [1.165, 1.54) is 32.7 Å². The molecule has 10 heteroatoms. The van der Waals surface area contributed by atoms with Crippen LogP contribution in [0.4, 0.5) is 5.69 Å². The molecule has 148 valence electrons. The van der Waals surface area contributed by atoms with Crippen LogP contribution in [-0.4, -0.2) is 42.4 Å². The first-order valence-electron chi connectivity index (χ1n) is 8.52. The largest absolute Gasteiger partial charge is 0.493 e. The van der Waals surface area contributed by atoms with E-state index < -0.39 is 10.0 Å². The predicted octanol–water partition coefficient (Wildman–Crippen LogP) is 2.61. The minimum Gasteiger partial charge on any atom is -0.493 e. The van der Waals surface area contributed by atoms with Crippen LogP contribution >= 0.6 is 0 Å². The molecule has 0 bridgehead atoms. The summed E-state index contributed by atoms with van der Waals surface area (Å²) in [6.45, 7) is 0. The predicted molar refractivity (Wildman–Crippen MR) is 107 cm³/mol. The first-order chi connectivity index (χ1) is 14.0. The third kappa shape index (κ3) is 3.69. The van der Waals surface area contributed by atoms with Crippen molar-refractivity contribution in [3.63, 3.8) is 0 Å². The van der Waals surface area contributed by atoms with E-state index in [9.17, 15) is 8.42 Å². The summed E-state index contributed by atoms with van der Waals surface area (Å²) in [5.74, 6) is 0.787. The minimum atomic E-state index is -3.79. The third-order valence-corrected chi connectivity index (χ3v) is 5.64. The van der Waals surface area contributed by atoms with Gasteiger partial charge in [0, 0.05) is 17.3 Å². The highest BCUT2D eigenvalue weighted by molar-refractivity contribution is 7.92. The Morgan fingerprint density at radius 3 is 2.41 bits per heavy atom. The highest BCUT2D eigenvalue weighted by Crippen LogP contribution is 2.30. The maximum Gasteiger partial charge on any atom is 0.262 e. The summed E-state index contributed by atoms with van der Waals surface area (Å²) in [6, 6.07) is 15.0. The molecule has 2 aromatic heterocycles. The fraction of sp³-hybridized carbons (Fsp3) is 0.105. The smallest absolute Gasteiger partial charge is 0.262 e. The molecular weight excluding hydrogens is 394 g/mol. The van der Waals surface area contributed by atoms with Crippen molar-refractivity contribution in [3.05, 3.63) is 60.9 Å². The number of methoxy groups -OCH3 is 2. The van der Waals surface area contributed by atoms with Crippen molar-refractivity contribution in [1.29, 1.82) is 0 Å². The van der Waals surface area contributed by atoms with Gasteiger partial charge in [0.2, 0.25) is 0 Å². The summed E-state index contributed by atoms with van der Waals surface area (Å²) < 4.78 is 39.9. The highest BCUT2D eigenvalue weighted by atomic mass is 32.2. The average molecular weight is 411 g/mol. The molecule has 0 aliphatic rings. The molecule has 2 heterocycles. The number of fused-ring (bicyclic) bond motifs is 1. The summed E-state index contributed by atoms with van der Waals surface area (Å²) in [4.78, 5) is 0.0685. The van der Waals surface area contributed by atoms with E-state index in [0.717, 1.165) is 5.56 Å². The summed E-state index contributed by atoms with van der Waals surface area (Å²) in [5, 5.41) is 12.1. The van der Waals surface area contributed by atoms with Gasteiger partial charge in [-0.2, -0.15) is 9.61 Å². The van der Waals surface area contributed by atoms with Crippen molar-refractivity contribution in [2.24, 2.45) is 0 Å². The van der Waals surface area contributed by atoms with Crippen LogP contribution in [0, 0.1) is 0 Å². The van der Waals surface area contributed by atoms with Gasteiger partial charge in [-0.15, -0.1) is 10.2 Å². The molecule has 0 saturated heterocycles. The van der Waals surface area contributed by atoms with Gasteiger partial charge < -0.3 is 9.47 Å². The highest BCUT2D eigenvalue weighted by Gasteiger charge is 2.17. The number of nitrogens with zero attached hydrogens (tertiary/aromatic N) is 4. The number of ether oxygens (including phenoxy) is 2. The van der Waals surface area contributed by atoms with Gasteiger partial charge in [-0.3, -0.25) is 4.72 Å². The molecule has 4 aromatic rings. The molecule has 29 heavy (non-hydrogen) atoms. The number of aromatic nitrogens is 4. The van der Waals surface area contributed by atoms with E-state index in [1.54, 1.807) is 34.8 Å². The van der Waals surface area contributed by atoms with Crippen LogP contribution in [0.1, 0.15) is 0 Å². The lowest BCUT2D eigenvalue weighted by Crippen LogP contribution is -2.13. The number of benzene rings is 2. The number of sulfonamides is 1. The standard InChI is InChI=1S/C19H17N5O4S/c1-27-17-9-7-15(11-18(17)28-2)29(25,26)23-14-5-3-13(4-6-14)16-8-10-19-21-20-12-24(19)22-16/h3-12,23H,1-2H3. The van der Waals surface area contributed by atoms with Crippen LogP contribution in [0.15, 0.2) is 65.8 Å². The number of hydrogen-bond donors (Lipinski definition) is 1. The van der Waals surface area contributed by atoms with Crippen molar-refractivity contribution in [1.82, 2.24) is 19.8 Å². The van der Waals surface area contributed by atoms with Gasteiger partial charge in [0.25, 0.3) is 10.0 Å². The fourth-order valence-electron chi connectivity index (χ4n) is 2.79. The molecular formula is C19H17N5O4S. The molecule has 4 rings (SSSR count). The molecule has 0 fully saturated rings. The van der Waals surface area contributed by atoms with Gasteiger partial charge in [-0.05, 0) is 36.4 Å². The lowest BCUT2D eigenvalue weighted by Gasteiger charge is -2.12. The SMILES string of the molecule is COc1ccc(S(=O)(=O)Nc2ccc(-c3ccc4nncn4n3)cc2)cc1OC. The number of nitrogens with one attached hydrogen (secondary N) is 1. The van der Waals surface area contributed by atoms with Crippen LogP contribution in [0.2, 0.25) is 0 Å². The van der Waals surface area contributed by atoms with Crippen LogP contribution in [0.25, 0.3) is 16.9 Å². The zero-order valence-corrected chi connectivity index (χ0v) is 16.4. The zero-order valence-electron chi connectivity index (χ0n) is 15.6. The Kier molecular flexibility index (Phi) is 4.77. The molecule has 0 unspecified atom stereocenters. The molecule has 0 aliphatic carbocycles. The number of anilines is 1. The van der Waals surface area contributed by atoms with E-state index in [-0.39, 0.29) is 4.90 Å². The Balaban J connectivity index is 1.57. The van der Waals surface area contributed by atoms with Gasteiger partial charge >= 0.3 is 0 Å². The van der Waals surface area contributed by atoms with Gasteiger partial charge in [-0.1, -0.05) is 12.1 Å². The first-order valence-corrected chi connectivity index (χ1v) is 10.0. The monoisotopic (exact) mass is 411 g/mol. The van der Waals surface area contributed by atoms with Crippen LogP contribution in [0.3, 0.4) is 0 Å². The summed E-state index contributed by atoms with van der Waals surface area (Å²) >= 11 is 0. The second-order valence-electron chi connectivity index (χ2n) is 6.05. The molecule has 2 aromatic carbocycles. The second kappa shape index (κ2) is 7.40. The van der Waals surface area contributed by atoms with Gasteiger partial charge in [0.1, 0.15) is 6.33 Å². The van der Waals surface area contributed by atoms with Crippen molar-refractivity contribution < 1.29 is 17.9 Å². The number of rotatable bonds is 6. The van der Waals surface area contributed by atoms with Crippen LogP contribution in [-0.2, 0) is 10.0 Å². The topological polar surface area (TPSA) is 108 Å². The summed E-state index contributed by atoms with van der Waals surface area (Å²) in [7, 11) is -0.854. The van der Waals surface area contributed by atoms with E-state index in [1.807, 2.05) is 12.1 Å². The maximum absolute atomic E-state index is 12.7. The van der Waals surface area contributed by atoms with Crippen molar-refractivity contribution in [2.75, 3.05) is 18.9 Å². The molecule has 0 aliphatic heterocycles. The number of hydrogen-bond acceptors (Lipinski definition) is 7. The first kappa shape index (κ1) is 18.7. The van der Waals surface area contributed by atoms with Crippen LogP contribution in [0.5, 0.6) is 11.5 Å². The third-order valence-electron chi connectivity index (χ3n) is 4.26. The Hall–Kier alpha value is -3.66. The molecule has 0 atom stereocenters. The average Bonchev–Trinajstić information content (AvgIpc) is 3.21. The Morgan fingerprint density at radius 1 is 0.931 bits per heavy atom. The van der Waals surface area contributed by atoms with Gasteiger partial charge in [0.05, 0.1) is 24.8 Å². The minimum absolute atomic E-state index is 0.0685. The maximum atomic E-state index is 12.7. The second-order valence-corrected chi connectivity index (χ2v) is 7.73. The molecule has 0 radical (unpaired) electrons. The van der Waals surface area contributed by atoms with E-state index in [0.29, 0.717) is 28.5 Å². The Labute approximate surface area is 167 Å². The fourth-order valence-corrected chi connectivity index (χ4v) is 3.86. The normalized spacial score (nSPS) is 11.4. The van der Waals surface area contributed by atoms with E-state index in [4.69, 9.17) is 9.47 Å². The van der Waals surface area contributed by atoms with Crippen molar-refractivity contribution in [3.8, 4) is 22.8 Å². The molecule has 1 N–H and O–H groups in total. The zero-order chi connectivity index (χ0) is 20.4. The molecule has 0 amide bonds.